The molecule has 2 amide bonds. The van der Waals surface area contributed by atoms with Crippen LogP contribution in [0.25, 0.3) is 0 Å². The lowest BCUT2D eigenvalue weighted by atomic mass is 10.2. The molecule has 0 radical (unpaired) electrons. The van der Waals surface area contributed by atoms with Crippen molar-refractivity contribution in [2.24, 2.45) is 5.10 Å². The lowest BCUT2D eigenvalue weighted by Gasteiger charge is -2.11. The molecule has 2 aromatic carbocycles. The van der Waals surface area contributed by atoms with E-state index < -0.39 is 10.8 Å². The zero-order valence-electron chi connectivity index (χ0n) is 16.3. The normalized spacial score (nSPS) is 10.6. The molecule has 0 aromatic heterocycles. The van der Waals surface area contributed by atoms with Gasteiger partial charge in [0.05, 0.1) is 11.1 Å². The molecule has 2 aromatic rings. The number of nitro benzene ring substituents is 1. The number of carbonyl (C=O) groups excluding carboxylic acids is 2. The summed E-state index contributed by atoms with van der Waals surface area (Å²) in [6.45, 7) is 0.269. The summed E-state index contributed by atoms with van der Waals surface area (Å²) in [5.41, 5.74) is 4.43. The molecule has 0 saturated carbocycles. The second kappa shape index (κ2) is 10.5. The number of hydrazone groups is 1. The number of carbonyl (C=O) groups is 2. The Bertz CT molecular complexity index is 894. The lowest BCUT2D eigenvalue weighted by molar-refractivity contribution is -0.384. The predicted octanol–water partition coefficient (Wildman–Crippen LogP) is 2.32. The fraction of sp³-hybridized carbons (Fsp3) is 0.250. The summed E-state index contributed by atoms with van der Waals surface area (Å²) in [5, 5.41) is 17.3. The first kappa shape index (κ1) is 21.5. The third-order valence-electron chi connectivity index (χ3n) is 4.00. The predicted molar refractivity (Wildman–Crippen MR) is 111 cm³/mol. The van der Waals surface area contributed by atoms with Crippen molar-refractivity contribution >= 4 is 29.4 Å². The third kappa shape index (κ3) is 7.06. The van der Waals surface area contributed by atoms with Crippen LogP contribution in [0.4, 0.5) is 11.4 Å². The van der Waals surface area contributed by atoms with Crippen LogP contribution in [0.3, 0.4) is 0 Å². The van der Waals surface area contributed by atoms with Crippen molar-refractivity contribution < 1.29 is 14.5 Å². The molecule has 2 N–H and O–H groups in total. The van der Waals surface area contributed by atoms with Gasteiger partial charge in [-0.3, -0.25) is 19.7 Å². The van der Waals surface area contributed by atoms with Crippen LogP contribution in [0.5, 0.6) is 0 Å². The van der Waals surface area contributed by atoms with Crippen molar-refractivity contribution in [3.63, 3.8) is 0 Å². The number of hydrogen-bond donors (Lipinski definition) is 2. The van der Waals surface area contributed by atoms with E-state index in [0.717, 1.165) is 11.3 Å². The maximum atomic E-state index is 12.0. The first-order valence-electron chi connectivity index (χ1n) is 8.99. The Hall–Kier alpha value is -3.75. The summed E-state index contributed by atoms with van der Waals surface area (Å²) in [7, 11) is 3.91. The molecule has 0 saturated heterocycles. The van der Waals surface area contributed by atoms with E-state index in [1.807, 2.05) is 43.3 Å². The minimum Gasteiger partial charge on any atom is -0.378 e. The van der Waals surface area contributed by atoms with E-state index in [1.165, 1.54) is 24.3 Å². The number of nitro groups is 1. The Morgan fingerprint density at radius 1 is 1.17 bits per heavy atom. The fourth-order valence-corrected chi connectivity index (χ4v) is 2.41. The number of benzene rings is 2. The maximum Gasteiger partial charge on any atom is 0.270 e. The largest absolute Gasteiger partial charge is 0.378 e. The molecule has 0 heterocycles. The van der Waals surface area contributed by atoms with Crippen molar-refractivity contribution in [3.8, 4) is 0 Å². The quantitative estimate of drug-likeness (QED) is 0.291. The summed E-state index contributed by atoms with van der Waals surface area (Å²) < 4.78 is 0. The molecular formula is C20H23N5O4. The van der Waals surface area contributed by atoms with Gasteiger partial charge in [-0.05, 0) is 30.2 Å². The number of anilines is 1. The number of rotatable bonds is 9. The third-order valence-corrected chi connectivity index (χ3v) is 4.00. The molecular weight excluding hydrogens is 374 g/mol. The first-order chi connectivity index (χ1) is 13.9. The number of hydrogen-bond acceptors (Lipinski definition) is 6. The van der Waals surface area contributed by atoms with Gasteiger partial charge in [-0.2, -0.15) is 5.10 Å². The van der Waals surface area contributed by atoms with E-state index in [9.17, 15) is 19.7 Å². The molecule has 0 atom stereocenters. The monoisotopic (exact) mass is 397 g/mol. The van der Waals surface area contributed by atoms with Crippen molar-refractivity contribution in [2.45, 2.75) is 12.8 Å². The van der Waals surface area contributed by atoms with Crippen LogP contribution in [-0.4, -0.2) is 43.6 Å². The molecule has 0 aliphatic heterocycles. The Balaban J connectivity index is 1.69. The lowest BCUT2D eigenvalue weighted by Crippen LogP contribution is -2.26. The minimum atomic E-state index is -0.557. The fourth-order valence-electron chi connectivity index (χ4n) is 2.41. The summed E-state index contributed by atoms with van der Waals surface area (Å²) in [6, 6.07) is 13.2. The Labute approximate surface area is 168 Å². The van der Waals surface area contributed by atoms with E-state index in [4.69, 9.17) is 0 Å². The Kier molecular flexibility index (Phi) is 7.84. The van der Waals surface area contributed by atoms with Crippen molar-refractivity contribution in [3.05, 3.63) is 69.8 Å². The molecule has 9 nitrogen and oxygen atoms in total. The number of amides is 2. The van der Waals surface area contributed by atoms with Gasteiger partial charge in [-0.15, -0.1) is 0 Å². The van der Waals surface area contributed by atoms with Crippen LogP contribution in [0.2, 0.25) is 0 Å². The topological polar surface area (TPSA) is 117 Å². The van der Waals surface area contributed by atoms with Gasteiger partial charge in [0, 0.05) is 50.4 Å². The highest BCUT2D eigenvalue weighted by Gasteiger charge is 2.11. The van der Waals surface area contributed by atoms with Gasteiger partial charge in [-0.25, -0.2) is 5.43 Å². The second-order valence-electron chi connectivity index (χ2n) is 6.45. The zero-order chi connectivity index (χ0) is 21.2. The first-order valence-corrected chi connectivity index (χ1v) is 8.99. The molecule has 0 aliphatic carbocycles. The number of non-ortho nitro benzene ring substituents is 1. The summed E-state index contributed by atoms with van der Waals surface area (Å²) >= 11 is 0. The highest BCUT2D eigenvalue weighted by molar-refractivity contribution is 5.94. The second-order valence-corrected chi connectivity index (χ2v) is 6.45. The number of nitrogens with zero attached hydrogens (tertiary/aromatic N) is 3. The van der Waals surface area contributed by atoms with Crippen LogP contribution in [0.15, 0.2) is 53.6 Å². The zero-order valence-corrected chi connectivity index (χ0v) is 16.3. The van der Waals surface area contributed by atoms with Crippen molar-refractivity contribution in [2.75, 3.05) is 25.5 Å². The van der Waals surface area contributed by atoms with Crippen LogP contribution in [0.1, 0.15) is 28.8 Å². The summed E-state index contributed by atoms with van der Waals surface area (Å²) in [5.74, 6) is -0.691. The van der Waals surface area contributed by atoms with E-state index in [2.05, 4.69) is 15.8 Å². The average Bonchev–Trinajstić information content (AvgIpc) is 2.71. The van der Waals surface area contributed by atoms with Crippen LogP contribution in [0, 0.1) is 10.1 Å². The number of nitrogens with one attached hydrogen (secondary N) is 2. The Morgan fingerprint density at radius 3 is 2.55 bits per heavy atom. The molecule has 9 heteroatoms. The van der Waals surface area contributed by atoms with Crippen LogP contribution in [-0.2, 0) is 4.79 Å². The summed E-state index contributed by atoms with van der Waals surface area (Å²) in [4.78, 5) is 36.0. The van der Waals surface area contributed by atoms with Gasteiger partial charge in [0.25, 0.3) is 11.6 Å². The smallest absolute Gasteiger partial charge is 0.270 e. The Morgan fingerprint density at radius 2 is 1.90 bits per heavy atom. The molecule has 152 valence electrons. The van der Waals surface area contributed by atoms with Gasteiger partial charge < -0.3 is 10.2 Å². The van der Waals surface area contributed by atoms with Crippen molar-refractivity contribution in [1.82, 2.24) is 10.7 Å². The maximum absolute atomic E-state index is 12.0. The van der Waals surface area contributed by atoms with Crippen molar-refractivity contribution in [1.29, 1.82) is 0 Å². The highest BCUT2D eigenvalue weighted by atomic mass is 16.6. The van der Waals surface area contributed by atoms with Gasteiger partial charge in [0.2, 0.25) is 5.91 Å². The van der Waals surface area contributed by atoms with E-state index in [1.54, 1.807) is 6.21 Å². The molecule has 29 heavy (non-hydrogen) atoms. The molecule has 0 bridgehead atoms. The highest BCUT2D eigenvalue weighted by Crippen LogP contribution is 2.13. The average molecular weight is 397 g/mol. The molecule has 0 unspecified atom stereocenters. The minimum absolute atomic E-state index is 0.147. The van der Waals surface area contributed by atoms with Crippen LogP contribution < -0.4 is 15.6 Å². The van der Waals surface area contributed by atoms with Gasteiger partial charge in [0.15, 0.2) is 0 Å². The van der Waals surface area contributed by atoms with Gasteiger partial charge in [0.1, 0.15) is 0 Å². The van der Waals surface area contributed by atoms with E-state index in [0.29, 0.717) is 6.42 Å². The van der Waals surface area contributed by atoms with Gasteiger partial charge >= 0.3 is 0 Å². The summed E-state index contributed by atoms with van der Waals surface area (Å²) in [6.07, 6.45) is 2.16. The molecule has 0 aliphatic rings. The van der Waals surface area contributed by atoms with E-state index in [-0.39, 0.29) is 30.1 Å². The van der Waals surface area contributed by atoms with Gasteiger partial charge in [-0.1, -0.05) is 18.2 Å². The molecule has 2 rings (SSSR count). The van der Waals surface area contributed by atoms with E-state index >= 15 is 0 Å². The SMILES string of the molecule is CN(C)c1ccc(C=NNC(=O)CCCNC(=O)c2cccc([N+](=O)[O-])c2)cc1. The standard InChI is InChI=1S/C20H23N5O4/c1-24(2)17-10-8-15(9-11-17)14-22-23-19(26)7-4-12-21-20(27)16-5-3-6-18(13-16)25(28)29/h3,5-6,8-11,13-14H,4,7,12H2,1-2H3,(H,21,27)(H,23,26). The van der Waals surface area contributed by atoms with Crippen LogP contribution >= 0.6 is 0 Å². The molecule has 0 spiro atoms. The molecule has 0 fully saturated rings.